The summed E-state index contributed by atoms with van der Waals surface area (Å²) in [5, 5.41) is 0. The molecule has 0 aromatic heterocycles. The molecule has 1 fully saturated rings. The van der Waals surface area contributed by atoms with Crippen molar-refractivity contribution in [3.8, 4) is 0 Å². The molecule has 0 aromatic carbocycles. The largest absolute Gasteiger partial charge is 0.298 e. The molecule has 0 spiro atoms. The fourth-order valence-corrected chi connectivity index (χ4v) is 2.24. The first-order chi connectivity index (χ1) is 6.02. The minimum absolute atomic E-state index is 0. The first kappa shape index (κ1) is 14.3. The standard InChI is InChI=1S/C11H24N2.H2S/c1-9(2)12-6-7-13(10(3)4)11(5)8-12;/h9-11H,6-8H2,1-5H3;1H2. The molecule has 0 amide bonds. The highest BCUT2D eigenvalue weighted by Gasteiger charge is 2.26. The van der Waals surface area contributed by atoms with Gasteiger partial charge in [0.2, 0.25) is 0 Å². The number of piperazine rings is 1. The van der Waals surface area contributed by atoms with Crippen molar-refractivity contribution >= 4 is 13.5 Å². The van der Waals surface area contributed by atoms with Crippen molar-refractivity contribution in [2.45, 2.75) is 52.7 Å². The molecular weight excluding hydrogens is 192 g/mol. The Kier molecular flexibility index (Phi) is 6.10. The van der Waals surface area contributed by atoms with Crippen molar-refractivity contribution in [2.75, 3.05) is 19.6 Å². The van der Waals surface area contributed by atoms with Gasteiger partial charge in [-0.1, -0.05) is 0 Å². The minimum atomic E-state index is 0. The van der Waals surface area contributed by atoms with Crippen LogP contribution in [-0.4, -0.2) is 47.6 Å². The van der Waals surface area contributed by atoms with E-state index in [1.807, 2.05) is 0 Å². The second-order valence-corrected chi connectivity index (χ2v) is 4.77. The summed E-state index contributed by atoms with van der Waals surface area (Å²) in [5.74, 6) is 0. The Labute approximate surface area is 96.1 Å². The zero-order chi connectivity index (χ0) is 10.0. The van der Waals surface area contributed by atoms with E-state index in [0.717, 1.165) is 6.04 Å². The van der Waals surface area contributed by atoms with E-state index >= 15 is 0 Å². The van der Waals surface area contributed by atoms with E-state index in [0.29, 0.717) is 12.1 Å². The van der Waals surface area contributed by atoms with E-state index in [1.165, 1.54) is 19.6 Å². The van der Waals surface area contributed by atoms with Gasteiger partial charge in [-0.05, 0) is 34.6 Å². The summed E-state index contributed by atoms with van der Waals surface area (Å²) in [4.78, 5) is 5.17. The van der Waals surface area contributed by atoms with E-state index in [9.17, 15) is 0 Å². The zero-order valence-corrected chi connectivity index (χ0v) is 11.2. The van der Waals surface area contributed by atoms with Gasteiger partial charge in [0, 0.05) is 37.8 Å². The normalized spacial score (nSPS) is 25.5. The Balaban J connectivity index is 0.00000169. The molecule has 0 bridgehead atoms. The lowest BCUT2D eigenvalue weighted by Gasteiger charge is -2.43. The zero-order valence-electron chi connectivity index (χ0n) is 10.2. The molecule has 0 aliphatic carbocycles. The summed E-state index contributed by atoms with van der Waals surface area (Å²) in [6.07, 6.45) is 0. The van der Waals surface area contributed by atoms with Crippen LogP contribution in [0.4, 0.5) is 0 Å². The molecule has 0 saturated carbocycles. The van der Waals surface area contributed by atoms with Gasteiger partial charge in [0.15, 0.2) is 0 Å². The predicted octanol–water partition coefficient (Wildman–Crippen LogP) is 1.92. The van der Waals surface area contributed by atoms with Crippen LogP contribution in [0.25, 0.3) is 0 Å². The fourth-order valence-electron chi connectivity index (χ4n) is 2.24. The SMILES string of the molecule is CC(C)N1CCN(C(C)C)C(C)C1.S. The molecule has 0 aromatic rings. The molecule has 1 atom stereocenters. The van der Waals surface area contributed by atoms with Crippen LogP contribution in [0.2, 0.25) is 0 Å². The average molecular weight is 218 g/mol. The Hall–Kier alpha value is 0.270. The van der Waals surface area contributed by atoms with Gasteiger partial charge in [0.1, 0.15) is 0 Å². The van der Waals surface area contributed by atoms with Crippen molar-refractivity contribution in [1.29, 1.82) is 0 Å². The highest BCUT2D eigenvalue weighted by molar-refractivity contribution is 7.59. The predicted molar refractivity (Wildman–Crippen MR) is 68.4 cm³/mol. The second kappa shape index (κ2) is 5.99. The van der Waals surface area contributed by atoms with Crippen molar-refractivity contribution in [2.24, 2.45) is 0 Å². The van der Waals surface area contributed by atoms with Crippen molar-refractivity contribution in [3.05, 3.63) is 0 Å². The highest BCUT2D eigenvalue weighted by Crippen LogP contribution is 2.14. The maximum Gasteiger partial charge on any atom is 0.0198 e. The Morgan fingerprint density at radius 2 is 1.57 bits per heavy atom. The Morgan fingerprint density at radius 3 is 1.93 bits per heavy atom. The van der Waals surface area contributed by atoms with Crippen LogP contribution in [-0.2, 0) is 0 Å². The quantitative estimate of drug-likeness (QED) is 0.699. The van der Waals surface area contributed by atoms with Crippen LogP contribution in [0.1, 0.15) is 34.6 Å². The van der Waals surface area contributed by atoms with Gasteiger partial charge in [-0.25, -0.2) is 0 Å². The van der Waals surface area contributed by atoms with Gasteiger partial charge < -0.3 is 0 Å². The summed E-state index contributed by atoms with van der Waals surface area (Å²) in [6.45, 7) is 15.2. The first-order valence-electron chi connectivity index (χ1n) is 5.52. The molecule has 2 nitrogen and oxygen atoms in total. The van der Waals surface area contributed by atoms with Crippen LogP contribution >= 0.6 is 13.5 Å². The summed E-state index contributed by atoms with van der Waals surface area (Å²) < 4.78 is 0. The third kappa shape index (κ3) is 3.44. The molecule has 86 valence electrons. The monoisotopic (exact) mass is 218 g/mol. The molecule has 1 saturated heterocycles. The van der Waals surface area contributed by atoms with Crippen LogP contribution in [0.5, 0.6) is 0 Å². The fraction of sp³-hybridized carbons (Fsp3) is 1.00. The summed E-state index contributed by atoms with van der Waals surface area (Å²) in [5.41, 5.74) is 0. The molecule has 14 heavy (non-hydrogen) atoms. The van der Waals surface area contributed by atoms with Gasteiger partial charge in [-0.2, -0.15) is 13.5 Å². The first-order valence-corrected chi connectivity index (χ1v) is 5.52. The lowest BCUT2D eigenvalue weighted by atomic mass is 10.1. The molecule has 3 heteroatoms. The minimum Gasteiger partial charge on any atom is -0.298 e. The summed E-state index contributed by atoms with van der Waals surface area (Å²) in [6, 6.07) is 2.12. The van der Waals surface area contributed by atoms with Gasteiger partial charge in [0.05, 0.1) is 0 Å². The molecule has 0 N–H and O–H groups in total. The van der Waals surface area contributed by atoms with E-state index in [4.69, 9.17) is 0 Å². The molecule has 1 aliphatic rings. The van der Waals surface area contributed by atoms with E-state index in [-0.39, 0.29) is 13.5 Å². The third-order valence-electron chi connectivity index (χ3n) is 3.10. The van der Waals surface area contributed by atoms with Crippen LogP contribution in [0.15, 0.2) is 0 Å². The topological polar surface area (TPSA) is 6.48 Å². The molecule has 1 unspecified atom stereocenters. The van der Waals surface area contributed by atoms with Gasteiger partial charge in [0.25, 0.3) is 0 Å². The molecule has 1 rings (SSSR count). The summed E-state index contributed by atoms with van der Waals surface area (Å²) in [7, 11) is 0. The number of rotatable bonds is 2. The second-order valence-electron chi connectivity index (χ2n) is 4.77. The maximum absolute atomic E-state index is 2.60. The van der Waals surface area contributed by atoms with Gasteiger partial charge in [-0.15, -0.1) is 0 Å². The maximum atomic E-state index is 2.60. The smallest absolute Gasteiger partial charge is 0.0198 e. The van der Waals surface area contributed by atoms with Crippen molar-refractivity contribution < 1.29 is 0 Å². The van der Waals surface area contributed by atoms with Gasteiger partial charge in [-0.3, -0.25) is 9.80 Å². The van der Waals surface area contributed by atoms with Gasteiger partial charge >= 0.3 is 0 Å². The summed E-state index contributed by atoms with van der Waals surface area (Å²) >= 11 is 0. The van der Waals surface area contributed by atoms with Crippen LogP contribution < -0.4 is 0 Å². The Morgan fingerprint density at radius 1 is 1.00 bits per heavy atom. The number of nitrogens with zero attached hydrogens (tertiary/aromatic N) is 2. The average Bonchev–Trinajstić information content (AvgIpc) is 2.03. The number of hydrogen-bond acceptors (Lipinski definition) is 2. The lowest BCUT2D eigenvalue weighted by Crippen LogP contribution is -2.55. The third-order valence-corrected chi connectivity index (χ3v) is 3.10. The lowest BCUT2D eigenvalue weighted by molar-refractivity contribution is 0.0447. The van der Waals surface area contributed by atoms with Crippen molar-refractivity contribution in [1.82, 2.24) is 9.80 Å². The van der Waals surface area contributed by atoms with E-state index in [2.05, 4.69) is 44.4 Å². The van der Waals surface area contributed by atoms with Crippen molar-refractivity contribution in [3.63, 3.8) is 0 Å². The van der Waals surface area contributed by atoms with Crippen LogP contribution in [0, 0.1) is 0 Å². The molecule has 1 aliphatic heterocycles. The highest BCUT2D eigenvalue weighted by atomic mass is 32.1. The van der Waals surface area contributed by atoms with E-state index in [1.54, 1.807) is 0 Å². The molecule has 1 heterocycles. The van der Waals surface area contributed by atoms with E-state index < -0.39 is 0 Å². The molecule has 0 radical (unpaired) electrons. The van der Waals surface area contributed by atoms with Crippen LogP contribution in [0.3, 0.4) is 0 Å². The Bertz CT molecular complexity index is 159. The molecular formula is C11H26N2S. The number of hydrogen-bond donors (Lipinski definition) is 0.